The van der Waals surface area contributed by atoms with Gasteiger partial charge < -0.3 is 10.1 Å². The highest BCUT2D eigenvalue weighted by Gasteiger charge is 2.08. The molecule has 1 aromatic heterocycles. The number of aromatic amines is 1. The Bertz CT molecular complexity index is 891. The maximum Gasteiger partial charge on any atom is 0.272 e. The van der Waals surface area contributed by atoms with E-state index >= 15 is 0 Å². The molecule has 2 N–H and O–H groups in total. The first kappa shape index (κ1) is 15.7. The molecule has 0 unspecified atom stereocenters. The van der Waals surface area contributed by atoms with Crippen molar-refractivity contribution >= 4 is 16.7 Å². The van der Waals surface area contributed by atoms with E-state index in [-0.39, 0.29) is 24.4 Å². The summed E-state index contributed by atoms with van der Waals surface area (Å²) < 4.78 is 5.49. The minimum absolute atomic E-state index is 0.136. The second-order valence-electron chi connectivity index (χ2n) is 5.23. The van der Waals surface area contributed by atoms with Crippen LogP contribution in [0.2, 0.25) is 0 Å². The predicted octanol–water partition coefficient (Wildman–Crippen LogP) is 2.01. The minimum Gasteiger partial charge on any atom is -0.493 e. The van der Waals surface area contributed by atoms with Gasteiger partial charge in [0, 0.05) is 5.39 Å². The first-order chi connectivity index (χ1) is 11.7. The summed E-state index contributed by atoms with van der Waals surface area (Å²) >= 11 is 0. The van der Waals surface area contributed by atoms with Crippen LogP contribution in [0.15, 0.2) is 59.4 Å². The number of hydrogen-bond donors (Lipinski definition) is 2. The van der Waals surface area contributed by atoms with Crippen molar-refractivity contribution in [2.24, 2.45) is 0 Å². The molecule has 0 fully saturated rings. The maximum absolute atomic E-state index is 11.9. The molecular weight excluding hydrogens is 306 g/mol. The average molecular weight is 323 g/mol. The SMILES string of the molecule is O=C(CCOc1ccccc1)NCc1n[nH]c(=O)c2ccccc12. The zero-order valence-electron chi connectivity index (χ0n) is 13.0. The average Bonchev–Trinajstić information content (AvgIpc) is 2.62. The largest absolute Gasteiger partial charge is 0.493 e. The molecule has 0 spiro atoms. The number of carbonyl (C=O) groups excluding carboxylic acids is 1. The zero-order chi connectivity index (χ0) is 16.8. The number of ether oxygens (including phenoxy) is 1. The van der Waals surface area contributed by atoms with Crippen LogP contribution in [-0.2, 0) is 11.3 Å². The highest BCUT2D eigenvalue weighted by Crippen LogP contribution is 2.12. The van der Waals surface area contributed by atoms with Crippen LogP contribution in [0.25, 0.3) is 10.8 Å². The monoisotopic (exact) mass is 323 g/mol. The van der Waals surface area contributed by atoms with Crippen molar-refractivity contribution in [2.75, 3.05) is 6.61 Å². The second kappa shape index (κ2) is 7.41. The third-order valence-electron chi connectivity index (χ3n) is 3.57. The molecule has 0 aliphatic heterocycles. The van der Waals surface area contributed by atoms with Gasteiger partial charge in [-0.25, -0.2) is 5.10 Å². The topological polar surface area (TPSA) is 84.1 Å². The van der Waals surface area contributed by atoms with E-state index in [1.54, 1.807) is 12.1 Å². The molecule has 0 bridgehead atoms. The molecule has 0 atom stereocenters. The Labute approximate surface area is 138 Å². The predicted molar refractivity (Wildman–Crippen MR) is 90.8 cm³/mol. The summed E-state index contributed by atoms with van der Waals surface area (Å²) in [6.07, 6.45) is 0.246. The van der Waals surface area contributed by atoms with Crippen LogP contribution in [0, 0.1) is 0 Å². The molecule has 0 aliphatic rings. The fraction of sp³-hybridized carbons (Fsp3) is 0.167. The Hall–Kier alpha value is -3.15. The number of hydrogen-bond acceptors (Lipinski definition) is 4. The van der Waals surface area contributed by atoms with Crippen molar-refractivity contribution < 1.29 is 9.53 Å². The lowest BCUT2D eigenvalue weighted by Crippen LogP contribution is -2.26. The molecular formula is C18H17N3O3. The fourth-order valence-electron chi connectivity index (χ4n) is 2.36. The van der Waals surface area contributed by atoms with Crippen LogP contribution < -0.4 is 15.6 Å². The number of rotatable bonds is 6. The van der Waals surface area contributed by atoms with E-state index in [1.807, 2.05) is 42.5 Å². The number of H-pyrrole nitrogens is 1. The van der Waals surface area contributed by atoms with Gasteiger partial charge in [0.2, 0.25) is 5.91 Å². The lowest BCUT2D eigenvalue weighted by molar-refractivity contribution is -0.121. The Morgan fingerprint density at radius 3 is 2.54 bits per heavy atom. The molecule has 6 nitrogen and oxygen atoms in total. The van der Waals surface area contributed by atoms with Gasteiger partial charge in [0.05, 0.1) is 30.7 Å². The molecule has 0 saturated carbocycles. The molecule has 0 radical (unpaired) electrons. The molecule has 122 valence electrons. The minimum atomic E-state index is -0.239. The standard InChI is InChI=1S/C18H17N3O3/c22-17(10-11-24-13-6-2-1-3-7-13)19-12-16-14-8-4-5-9-15(14)18(23)21-20-16/h1-9H,10-12H2,(H,19,22)(H,21,23). The third-order valence-corrected chi connectivity index (χ3v) is 3.57. The number of para-hydroxylation sites is 1. The summed E-state index contributed by atoms with van der Waals surface area (Å²) in [4.78, 5) is 23.6. The van der Waals surface area contributed by atoms with Crippen molar-refractivity contribution in [1.82, 2.24) is 15.5 Å². The van der Waals surface area contributed by atoms with Crippen LogP contribution in [0.4, 0.5) is 0 Å². The van der Waals surface area contributed by atoms with Crippen LogP contribution >= 0.6 is 0 Å². The van der Waals surface area contributed by atoms with E-state index in [9.17, 15) is 9.59 Å². The summed E-state index contributed by atoms with van der Waals surface area (Å²) in [6, 6.07) is 16.5. The molecule has 3 aromatic rings. The van der Waals surface area contributed by atoms with Crippen molar-refractivity contribution in [3.63, 3.8) is 0 Å². The Morgan fingerprint density at radius 1 is 1.04 bits per heavy atom. The molecule has 2 aromatic carbocycles. The molecule has 1 amide bonds. The van der Waals surface area contributed by atoms with Crippen LogP contribution in [-0.4, -0.2) is 22.7 Å². The number of amides is 1. The molecule has 1 heterocycles. The van der Waals surface area contributed by atoms with Crippen molar-refractivity contribution in [1.29, 1.82) is 0 Å². The fourth-order valence-corrected chi connectivity index (χ4v) is 2.36. The molecule has 6 heteroatoms. The number of carbonyl (C=O) groups is 1. The quantitative estimate of drug-likeness (QED) is 0.727. The summed E-state index contributed by atoms with van der Waals surface area (Å²) in [6.45, 7) is 0.553. The van der Waals surface area contributed by atoms with E-state index in [0.717, 1.165) is 11.1 Å². The summed E-state index contributed by atoms with van der Waals surface area (Å²) in [7, 11) is 0. The zero-order valence-corrected chi connectivity index (χ0v) is 13.0. The molecule has 0 aliphatic carbocycles. The second-order valence-corrected chi connectivity index (χ2v) is 5.23. The van der Waals surface area contributed by atoms with Crippen molar-refractivity contribution in [2.45, 2.75) is 13.0 Å². The number of aromatic nitrogens is 2. The third kappa shape index (κ3) is 3.78. The number of nitrogens with zero attached hydrogens (tertiary/aromatic N) is 1. The van der Waals surface area contributed by atoms with Gasteiger partial charge in [-0.3, -0.25) is 9.59 Å². The summed E-state index contributed by atoms with van der Waals surface area (Å²) in [5.41, 5.74) is 0.388. The molecule has 24 heavy (non-hydrogen) atoms. The smallest absolute Gasteiger partial charge is 0.272 e. The molecule has 0 saturated heterocycles. The van der Waals surface area contributed by atoms with Gasteiger partial charge in [-0.2, -0.15) is 5.10 Å². The summed E-state index contributed by atoms with van der Waals surface area (Å²) in [5, 5.41) is 10.6. The number of fused-ring (bicyclic) bond motifs is 1. The highest BCUT2D eigenvalue weighted by molar-refractivity contribution is 5.84. The normalized spacial score (nSPS) is 10.5. The van der Waals surface area contributed by atoms with E-state index in [2.05, 4.69) is 15.5 Å². The maximum atomic E-state index is 11.9. The van der Waals surface area contributed by atoms with Crippen molar-refractivity contribution in [3.05, 3.63) is 70.6 Å². The number of nitrogens with one attached hydrogen (secondary N) is 2. The van der Waals surface area contributed by atoms with Crippen molar-refractivity contribution in [3.8, 4) is 5.75 Å². The van der Waals surface area contributed by atoms with Crippen LogP contribution in [0.5, 0.6) is 5.75 Å². The van der Waals surface area contributed by atoms with Gasteiger partial charge in [-0.1, -0.05) is 36.4 Å². The first-order valence-electron chi connectivity index (χ1n) is 7.65. The van der Waals surface area contributed by atoms with Crippen LogP contribution in [0.3, 0.4) is 0 Å². The van der Waals surface area contributed by atoms with E-state index < -0.39 is 0 Å². The van der Waals surface area contributed by atoms with E-state index in [0.29, 0.717) is 17.7 Å². The van der Waals surface area contributed by atoms with E-state index in [1.165, 1.54) is 0 Å². The lowest BCUT2D eigenvalue weighted by Gasteiger charge is -2.08. The van der Waals surface area contributed by atoms with Gasteiger partial charge >= 0.3 is 0 Å². The summed E-state index contributed by atoms with van der Waals surface area (Å²) in [5.74, 6) is 0.599. The van der Waals surface area contributed by atoms with E-state index in [4.69, 9.17) is 4.74 Å². The van der Waals surface area contributed by atoms with Gasteiger partial charge in [0.1, 0.15) is 5.75 Å². The Morgan fingerprint density at radius 2 is 1.75 bits per heavy atom. The van der Waals surface area contributed by atoms with Crippen LogP contribution in [0.1, 0.15) is 12.1 Å². The van der Waals surface area contributed by atoms with Gasteiger partial charge in [0.15, 0.2) is 0 Å². The highest BCUT2D eigenvalue weighted by atomic mass is 16.5. The first-order valence-corrected chi connectivity index (χ1v) is 7.65. The molecule has 3 rings (SSSR count). The van der Waals surface area contributed by atoms with Gasteiger partial charge in [-0.15, -0.1) is 0 Å². The Kier molecular flexibility index (Phi) is 4.86. The van der Waals surface area contributed by atoms with Gasteiger partial charge in [0.25, 0.3) is 5.56 Å². The van der Waals surface area contributed by atoms with Gasteiger partial charge in [-0.05, 0) is 18.2 Å². The lowest BCUT2D eigenvalue weighted by atomic mass is 10.1. The Balaban J connectivity index is 1.55. The number of benzene rings is 2.